The maximum absolute atomic E-state index is 7.07. The van der Waals surface area contributed by atoms with Gasteiger partial charge in [-0.2, -0.15) is 12.1 Å². The largest absolute Gasteiger partial charge is 0.509 e. The summed E-state index contributed by atoms with van der Waals surface area (Å²) >= 11 is 0. The molecule has 0 saturated carbocycles. The van der Waals surface area contributed by atoms with Crippen LogP contribution in [0, 0.1) is 18.8 Å². The first kappa shape index (κ1) is 44.5. The van der Waals surface area contributed by atoms with E-state index in [1.807, 2.05) is 12.3 Å². The quantitative estimate of drug-likeness (QED) is 0.128. The summed E-state index contributed by atoms with van der Waals surface area (Å²) in [6, 6.07) is 67.7. The van der Waals surface area contributed by atoms with E-state index in [2.05, 4.69) is 258 Å². The zero-order chi connectivity index (χ0) is 44.9. The van der Waals surface area contributed by atoms with E-state index in [1.54, 1.807) is 0 Å². The maximum atomic E-state index is 7.07. The third-order valence-electron chi connectivity index (χ3n) is 13.2. The molecule has 332 valence electrons. The Hall–Kier alpha value is -6.68. The SMILES string of the molecule is CC(C)(C)c1ccc(N2C=CN(c3[c-]c(Oc4[c-]c5c(cc4)c4cc(-c6ccccc6)ccc4n5-c4cc(C(C)(C)c5ccccc5)ccn4)c(C(C)(C)c4ccccc4)cc3)[CH-]2)cc1.[Pt]. The zero-order valence-corrected chi connectivity index (χ0v) is 40.8. The van der Waals surface area contributed by atoms with Crippen molar-refractivity contribution >= 4 is 33.2 Å². The Kier molecular flexibility index (Phi) is 11.9. The van der Waals surface area contributed by atoms with E-state index in [0.717, 1.165) is 50.1 Å². The van der Waals surface area contributed by atoms with E-state index in [4.69, 9.17) is 9.72 Å². The average Bonchev–Trinajstić information content (AvgIpc) is 3.95. The molecule has 0 spiro atoms. The van der Waals surface area contributed by atoms with Crippen LogP contribution < -0.4 is 14.5 Å². The van der Waals surface area contributed by atoms with Crippen molar-refractivity contribution in [1.29, 1.82) is 0 Å². The number of anilines is 2. The van der Waals surface area contributed by atoms with Crippen LogP contribution in [0.2, 0.25) is 0 Å². The summed E-state index contributed by atoms with van der Waals surface area (Å²) in [7, 11) is 0. The Morgan fingerprint density at radius 1 is 0.530 bits per heavy atom. The van der Waals surface area contributed by atoms with Gasteiger partial charge in [0.25, 0.3) is 0 Å². The molecule has 0 saturated heterocycles. The molecule has 1 aliphatic rings. The second-order valence-electron chi connectivity index (χ2n) is 19.1. The summed E-state index contributed by atoms with van der Waals surface area (Å²) in [6.45, 7) is 17.8. The minimum atomic E-state index is -0.403. The van der Waals surface area contributed by atoms with Gasteiger partial charge in [0, 0.05) is 55.4 Å². The molecule has 10 rings (SSSR count). The summed E-state index contributed by atoms with van der Waals surface area (Å²) in [6.07, 6.45) is 6.07. The van der Waals surface area contributed by atoms with Crippen molar-refractivity contribution in [3.05, 3.63) is 235 Å². The van der Waals surface area contributed by atoms with E-state index in [9.17, 15) is 0 Å². The van der Waals surface area contributed by atoms with Crippen LogP contribution in [0.25, 0.3) is 38.8 Å². The number of pyridine rings is 1. The molecule has 0 fully saturated rings. The van der Waals surface area contributed by atoms with Crippen LogP contribution >= 0.6 is 0 Å². The summed E-state index contributed by atoms with van der Waals surface area (Å²) in [5, 5.41) is 2.18. The number of benzene rings is 7. The molecule has 9 aromatic rings. The Balaban J connectivity index is 0.00000548. The number of hydrogen-bond acceptors (Lipinski definition) is 4. The van der Waals surface area contributed by atoms with Crippen molar-refractivity contribution in [2.75, 3.05) is 9.80 Å². The van der Waals surface area contributed by atoms with Gasteiger partial charge in [-0.05, 0) is 92.3 Å². The van der Waals surface area contributed by atoms with Gasteiger partial charge in [0.1, 0.15) is 5.82 Å². The van der Waals surface area contributed by atoms with Crippen LogP contribution in [0.3, 0.4) is 0 Å². The van der Waals surface area contributed by atoms with Gasteiger partial charge in [-0.1, -0.05) is 169 Å². The van der Waals surface area contributed by atoms with Gasteiger partial charge in [-0.3, -0.25) is 0 Å². The number of ether oxygens (including phenoxy) is 1. The van der Waals surface area contributed by atoms with Crippen molar-refractivity contribution in [1.82, 2.24) is 9.55 Å². The maximum Gasteiger partial charge on any atom is 0.135 e. The van der Waals surface area contributed by atoms with Crippen LogP contribution in [0.1, 0.15) is 76.3 Å². The van der Waals surface area contributed by atoms with Gasteiger partial charge >= 0.3 is 0 Å². The summed E-state index contributed by atoms with van der Waals surface area (Å²) in [5.74, 6) is 2.05. The number of aromatic nitrogens is 2. The second kappa shape index (κ2) is 17.6. The molecule has 0 bridgehead atoms. The summed E-state index contributed by atoms with van der Waals surface area (Å²) in [5.41, 5.74) is 11.5. The Morgan fingerprint density at radius 3 is 1.86 bits per heavy atom. The van der Waals surface area contributed by atoms with Crippen LogP contribution in [-0.2, 0) is 37.3 Å². The number of hydrogen-bond donors (Lipinski definition) is 0. The Morgan fingerprint density at radius 2 is 1.18 bits per heavy atom. The minimum absolute atomic E-state index is 0. The first-order valence-corrected chi connectivity index (χ1v) is 22.4. The molecule has 0 radical (unpaired) electrons. The Bertz CT molecular complexity index is 3180. The first-order chi connectivity index (χ1) is 31.3. The molecular formula is C60H53N4OPt-3. The van der Waals surface area contributed by atoms with Crippen molar-refractivity contribution < 1.29 is 25.8 Å². The van der Waals surface area contributed by atoms with E-state index < -0.39 is 5.41 Å². The summed E-state index contributed by atoms with van der Waals surface area (Å²) in [4.78, 5) is 9.27. The zero-order valence-electron chi connectivity index (χ0n) is 38.5. The molecule has 0 N–H and O–H groups in total. The van der Waals surface area contributed by atoms with Crippen LogP contribution in [0.4, 0.5) is 11.4 Å². The van der Waals surface area contributed by atoms with Crippen LogP contribution in [-0.4, -0.2) is 9.55 Å². The number of fused-ring (bicyclic) bond motifs is 3. The molecule has 3 heterocycles. The van der Waals surface area contributed by atoms with Crippen molar-refractivity contribution in [3.8, 4) is 28.4 Å². The third kappa shape index (κ3) is 8.38. The minimum Gasteiger partial charge on any atom is -0.509 e. The second-order valence-corrected chi connectivity index (χ2v) is 19.1. The predicted octanol–water partition coefficient (Wildman–Crippen LogP) is 15.1. The fraction of sp³-hybridized carbons (Fsp3) is 0.167. The van der Waals surface area contributed by atoms with E-state index >= 15 is 0 Å². The molecule has 0 unspecified atom stereocenters. The number of nitrogens with zero attached hydrogens (tertiary/aromatic N) is 4. The number of rotatable bonds is 10. The molecule has 0 atom stereocenters. The molecule has 6 heteroatoms. The van der Waals surface area contributed by atoms with E-state index in [0.29, 0.717) is 11.5 Å². The monoisotopic (exact) mass is 1040 g/mol. The van der Waals surface area contributed by atoms with Crippen LogP contribution in [0.5, 0.6) is 11.5 Å². The van der Waals surface area contributed by atoms with Crippen molar-refractivity contribution in [3.63, 3.8) is 0 Å². The van der Waals surface area contributed by atoms with Crippen LogP contribution in [0.15, 0.2) is 188 Å². The fourth-order valence-electron chi connectivity index (χ4n) is 9.07. The van der Waals surface area contributed by atoms with Gasteiger partial charge in [-0.25, -0.2) is 4.98 Å². The predicted molar refractivity (Wildman–Crippen MR) is 269 cm³/mol. The topological polar surface area (TPSA) is 33.5 Å². The molecule has 5 nitrogen and oxygen atoms in total. The summed E-state index contributed by atoms with van der Waals surface area (Å²) < 4.78 is 9.31. The third-order valence-corrected chi connectivity index (χ3v) is 13.2. The molecule has 2 aromatic heterocycles. The molecule has 7 aromatic carbocycles. The molecule has 0 amide bonds. The van der Waals surface area contributed by atoms with Gasteiger partial charge in [0.2, 0.25) is 0 Å². The Labute approximate surface area is 404 Å². The van der Waals surface area contributed by atoms with Gasteiger partial charge in [-0.15, -0.1) is 47.6 Å². The molecule has 0 aliphatic carbocycles. The molecular weight excluding hydrogens is 988 g/mol. The average molecular weight is 1040 g/mol. The fourth-order valence-corrected chi connectivity index (χ4v) is 9.07. The first-order valence-electron chi connectivity index (χ1n) is 22.4. The standard InChI is InChI=1S/C60H53N4O.Pt/c1-58(2,3)44-24-26-48(27-25-44)62-35-36-63(41-62)49-28-31-53(60(6,7)46-21-15-10-16-22-46)56(39-49)65-50-29-30-51-52-37-43(42-17-11-8-12-18-42)23-32-54(52)64(55(51)40-50)57-38-47(33-34-61-57)59(4,5)45-19-13-9-14-20-45;/h8-38,41H,1-7H3;/q-3;. The van der Waals surface area contributed by atoms with Crippen molar-refractivity contribution in [2.45, 2.75) is 64.7 Å². The molecule has 66 heavy (non-hydrogen) atoms. The molecule has 1 aliphatic heterocycles. The van der Waals surface area contributed by atoms with Gasteiger partial charge in [0.05, 0.1) is 0 Å². The van der Waals surface area contributed by atoms with Crippen molar-refractivity contribution in [2.24, 2.45) is 0 Å². The van der Waals surface area contributed by atoms with E-state index in [-0.39, 0.29) is 31.9 Å². The van der Waals surface area contributed by atoms with Gasteiger partial charge in [0.15, 0.2) is 0 Å². The normalized spacial score (nSPS) is 13.1. The smallest absolute Gasteiger partial charge is 0.135 e. The van der Waals surface area contributed by atoms with Gasteiger partial charge < -0.3 is 19.1 Å². The van der Waals surface area contributed by atoms with E-state index in [1.165, 1.54) is 27.8 Å².